The summed E-state index contributed by atoms with van der Waals surface area (Å²) in [7, 11) is 0. The van der Waals surface area contributed by atoms with E-state index in [1.165, 1.54) is 19.6 Å². The molecule has 2 aromatic rings. The zero-order chi connectivity index (χ0) is 61.7. The standard InChI is InChI=1S/C57H82N6O20/c1-9-76-50(68)34-58(35-51(69)77-10-2)26-46(64)30-62(31-47(65)27-59(36-52(70)78-11-3)37-53(71)79-12-4)44-21-17-42(18-22-44)25-43-19-23-45(24-20-43)63(32-48(66)28-60(38-54(72)80-13-5)39-55(73)81-14-6)33-49(67)29-61(40-56(74)82-15-7)41-57(75)83-16-8/h9-12,17-24,46-49,64-67H,1-4,13-16,25-41H2,5-8H3. The van der Waals surface area contributed by atoms with Gasteiger partial charge in [0.1, 0.15) is 0 Å². The number of hydrogen-bond acceptors (Lipinski definition) is 26. The van der Waals surface area contributed by atoms with Crippen LogP contribution in [0.1, 0.15) is 38.8 Å². The van der Waals surface area contributed by atoms with Crippen molar-refractivity contribution < 1.29 is 96.7 Å². The van der Waals surface area contributed by atoms with Crippen LogP contribution in [0, 0.1) is 0 Å². The molecule has 4 atom stereocenters. The molecule has 0 heterocycles. The van der Waals surface area contributed by atoms with Crippen LogP contribution in [0.4, 0.5) is 11.4 Å². The van der Waals surface area contributed by atoms with Crippen molar-refractivity contribution in [3.8, 4) is 0 Å². The van der Waals surface area contributed by atoms with Gasteiger partial charge in [0.25, 0.3) is 0 Å². The largest absolute Gasteiger partial charge is 0.465 e. The second kappa shape index (κ2) is 40.6. The Kier molecular flexibility index (Phi) is 35.0. The molecule has 0 aliphatic carbocycles. The Bertz CT molecular complexity index is 2170. The maximum absolute atomic E-state index is 12.5. The zero-order valence-corrected chi connectivity index (χ0v) is 47.9. The van der Waals surface area contributed by atoms with Gasteiger partial charge in [-0.05, 0) is 69.5 Å². The fraction of sp³-hybridized carbons (Fsp3) is 0.509. The minimum atomic E-state index is -1.28. The van der Waals surface area contributed by atoms with Crippen molar-refractivity contribution >= 4 is 59.1 Å². The monoisotopic (exact) mass is 1170 g/mol. The normalized spacial score (nSPS) is 12.5. The topological polar surface area (TPSA) is 311 Å². The number of esters is 8. The fourth-order valence-electron chi connectivity index (χ4n) is 8.44. The van der Waals surface area contributed by atoms with Crippen LogP contribution in [0.15, 0.2) is 99.9 Å². The first kappa shape index (κ1) is 71.5. The van der Waals surface area contributed by atoms with Gasteiger partial charge in [0.15, 0.2) is 0 Å². The van der Waals surface area contributed by atoms with Gasteiger partial charge in [-0.2, -0.15) is 0 Å². The number of ether oxygens (including phenoxy) is 8. The number of benzene rings is 2. The molecular formula is C57H82N6O20. The number of hydrogen-bond donors (Lipinski definition) is 4. The van der Waals surface area contributed by atoms with E-state index in [9.17, 15) is 58.8 Å². The molecule has 2 aromatic carbocycles. The number of aliphatic hydroxyl groups is 4. The summed E-state index contributed by atoms with van der Waals surface area (Å²) < 4.78 is 39.7. The maximum atomic E-state index is 12.5. The van der Waals surface area contributed by atoms with Gasteiger partial charge in [-0.25, -0.2) is 0 Å². The molecule has 0 aromatic heterocycles. The van der Waals surface area contributed by atoms with E-state index in [1.54, 1.807) is 61.8 Å². The van der Waals surface area contributed by atoms with Crippen LogP contribution in [-0.4, -0.2) is 243 Å². The molecule has 0 saturated carbocycles. The number of aliphatic hydroxyl groups excluding tert-OH is 4. The van der Waals surface area contributed by atoms with Crippen molar-refractivity contribution in [3.63, 3.8) is 0 Å². The number of nitrogens with zero attached hydrogens (tertiary/aromatic N) is 6. The lowest BCUT2D eigenvalue weighted by Gasteiger charge is -2.33. The van der Waals surface area contributed by atoms with E-state index < -0.39 is 98.3 Å². The van der Waals surface area contributed by atoms with E-state index in [1.807, 2.05) is 24.3 Å². The molecule has 0 saturated heterocycles. The van der Waals surface area contributed by atoms with E-state index in [0.717, 1.165) is 36.2 Å². The highest BCUT2D eigenvalue weighted by atomic mass is 16.6. The summed E-state index contributed by atoms with van der Waals surface area (Å²) in [6, 6.07) is 14.3. The molecule has 2 rings (SSSR count). The Morgan fingerprint density at radius 1 is 0.361 bits per heavy atom. The lowest BCUT2D eigenvalue weighted by atomic mass is 10.0. The van der Waals surface area contributed by atoms with Crippen LogP contribution < -0.4 is 9.80 Å². The molecule has 4 N–H and O–H groups in total. The van der Waals surface area contributed by atoms with Gasteiger partial charge in [0, 0.05) is 63.7 Å². The molecular weight excluding hydrogens is 1090 g/mol. The molecule has 0 bridgehead atoms. The predicted octanol–water partition coefficient (Wildman–Crippen LogP) is 0.541. The average Bonchev–Trinajstić information content (AvgIpc) is 3.44. The molecule has 460 valence electrons. The highest BCUT2D eigenvalue weighted by Gasteiger charge is 2.28. The molecule has 0 radical (unpaired) electrons. The van der Waals surface area contributed by atoms with Crippen LogP contribution in [0.3, 0.4) is 0 Å². The zero-order valence-electron chi connectivity index (χ0n) is 47.9. The quantitative estimate of drug-likeness (QED) is 0.0400. The summed E-state index contributed by atoms with van der Waals surface area (Å²) in [4.78, 5) is 109. The fourth-order valence-corrected chi connectivity index (χ4v) is 8.44. The summed E-state index contributed by atoms with van der Waals surface area (Å²) in [5.41, 5.74) is 2.69. The third-order valence-corrected chi connectivity index (χ3v) is 11.5. The Hall–Kier alpha value is -7.56. The summed E-state index contributed by atoms with van der Waals surface area (Å²) in [6.07, 6.45) is -0.926. The molecule has 0 aliphatic rings. The lowest BCUT2D eigenvalue weighted by Crippen LogP contribution is -2.48. The predicted molar refractivity (Wildman–Crippen MR) is 302 cm³/mol. The Balaban J connectivity index is 2.55. The number of rotatable bonds is 44. The van der Waals surface area contributed by atoms with Gasteiger partial charge in [-0.1, -0.05) is 50.6 Å². The van der Waals surface area contributed by atoms with Gasteiger partial charge < -0.3 is 68.1 Å². The third-order valence-electron chi connectivity index (χ3n) is 11.5. The molecule has 26 nitrogen and oxygen atoms in total. The highest BCUT2D eigenvalue weighted by molar-refractivity contribution is 5.77. The van der Waals surface area contributed by atoms with Crippen molar-refractivity contribution in [1.82, 2.24) is 19.6 Å². The van der Waals surface area contributed by atoms with Crippen LogP contribution in [0.5, 0.6) is 0 Å². The Morgan fingerprint density at radius 3 is 0.759 bits per heavy atom. The SMILES string of the molecule is C=COC(=O)CN(CC(=O)OC=C)CC(O)CN(CC(O)CN(CC(=O)OC=C)CC(=O)OC=C)c1ccc(Cc2ccc(N(CC(O)CN(CC(=O)OCC)CC(=O)OCC)CC(O)CN(CC(=O)OCC)CC(=O)OCC)cc2)cc1. The minimum Gasteiger partial charge on any atom is -0.465 e. The van der Waals surface area contributed by atoms with E-state index in [-0.39, 0.29) is 105 Å². The third kappa shape index (κ3) is 30.9. The highest BCUT2D eigenvalue weighted by Crippen LogP contribution is 2.22. The van der Waals surface area contributed by atoms with Gasteiger partial charge in [0.05, 0.1) is 128 Å². The summed E-state index contributed by atoms with van der Waals surface area (Å²) in [6.45, 7) is 15.9. The Labute approximate surface area is 484 Å². The second-order valence-corrected chi connectivity index (χ2v) is 18.5. The molecule has 26 heteroatoms. The molecule has 4 unspecified atom stereocenters. The van der Waals surface area contributed by atoms with Crippen molar-refractivity contribution in [1.29, 1.82) is 0 Å². The van der Waals surface area contributed by atoms with Crippen LogP contribution in [0.25, 0.3) is 0 Å². The summed E-state index contributed by atoms with van der Waals surface area (Å²) >= 11 is 0. The van der Waals surface area contributed by atoms with Gasteiger partial charge in [0.2, 0.25) is 0 Å². The molecule has 83 heavy (non-hydrogen) atoms. The number of anilines is 2. The van der Waals surface area contributed by atoms with Gasteiger partial charge in [-0.3, -0.25) is 58.0 Å². The minimum absolute atomic E-state index is 0.0946. The summed E-state index contributed by atoms with van der Waals surface area (Å²) in [5.74, 6) is -5.55. The average molecular weight is 1170 g/mol. The van der Waals surface area contributed by atoms with Gasteiger partial charge >= 0.3 is 47.8 Å². The van der Waals surface area contributed by atoms with Crippen molar-refractivity contribution in [2.24, 2.45) is 0 Å². The first-order chi connectivity index (χ1) is 39.7. The van der Waals surface area contributed by atoms with Crippen molar-refractivity contribution in [2.45, 2.75) is 58.5 Å². The van der Waals surface area contributed by atoms with E-state index >= 15 is 0 Å². The van der Waals surface area contributed by atoms with Crippen LogP contribution >= 0.6 is 0 Å². The Morgan fingerprint density at radius 2 is 0.566 bits per heavy atom. The van der Waals surface area contributed by atoms with E-state index in [4.69, 9.17) is 37.9 Å². The van der Waals surface area contributed by atoms with Crippen molar-refractivity contribution in [3.05, 3.63) is 111 Å². The molecule has 0 amide bonds. The van der Waals surface area contributed by atoms with Crippen molar-refractivity contribution in [2.75, 3.05) is 141 Å². The molecule has 0 aliphatic heterocycles. The summed E-state index contributed by atoms with van der Waals surface area (Å²) in [5, 5.41) is 46.1. The molecule has 0 fully saturated rings. The maximum Gasteiger partial charge on any atom is 0.324 e. The first-order valence-electron chi connectivity index (χ1n) is 26.8. The lowest BCUT2D eigenvalue weighted by molar-refractivity contribution is -0.150. The van der Waals surface area contributed by atoms with Crippen LogP contribution in [-0.2, 0) is 82.7 Å². The number of carbonyl (C=O) groups excluding carboxylic acids is 8. The van der Waals surface area contributed by atoms with Gasteiger partial charge in [-0.15, -0.1) is 0 Å². The molecule has 0 spiro atoms. The van der Waals surface area contributed by atoms with E-state index in [2.05, 4.69) is 26.3 Å². The number of carbonyl (C=O) groups is 8. The first-order valence-corrected chi connectivity index (χ1v) is 26.8. The smallest absolute Gasteiger partial charge is 0.324 e. The van der Waals surface area contributed by atoms with Crippen LogP contribution in [0.2, 0.25) is 0 Å². The second-order valence-electron chi connectivity index (χ2n) is 18.5. The van der Waals surface area contributed by atoms with E-state index in [0.29, 0.717) is 17.8 Å².